The minimum absolute atomic E-state index is 0.0415. The Hall–Kier alpha value is -2.22. The molecule has 1 N–H and O–H groups in total. The third kappa shape index (κ3) is 6.14. The highest BCUT2D eigenvalue weighted by molar-refractivity contribution is 5.76. The van der Waals surface area contributed by atoms with Gasteiger partial charge in [-0.15, -0.1) is 0 Å². The van der Waals surface area contributed by atoms with E-state index in [0.29, 0.717) is 12.3 Å². The van der Waals surface area contributed by atoms with Crippen LogP contribution in [-0.4, -0.2) is 40.5 Å². The van der Waals surface area contributed by atoms with Gasteiger partial charge in [-0.1, -0.05) is 26.2 Å². The predicted molar refractivity (Wildman–Crippen MR) is 112 cm³/mol. The monoisotopic (exact) mass is 424 g/mol. The summed E-state index contributed by atoms with van der Waals surface area (Å²) in [4.78, 5) is 25.0. The number of nitro benzene ring substituents is 1. The quantitative estimate of drug-likeness (QED) is 0.314. The summed E-state index contributed by atoms with van der Waals surface area (Å²) in [6.07, 6.45) is 6.32. The van der Waals surface area contributed by atoms with E-state index in [2.05, 4.69) is 6.92 Å². The second-order valence-electron chi connectivity index (χ2n) is 8.13. The maximum atomic E-state index is 14.2. The van der Waals surface area contributed by atoms with Crippen molar-refractivity contribution in [3.05, 3.63) is 33.6 Å². The molecule has 0 saturated heterocycles. The van der Waals surface area contributed by atoms with Gasteiger partial charge in [0, 0.05) is 19.5 Å². The molecule has 2 rings (SSSR count). The number of rotatable bonds is 11. The molecule has 0 spiro atoms. The van der Waals surface area contributed by atoms with Crippen molar-refractivity contribution in [2.75, 3.05) is 13.7 Å². The molecule has 1 saturated carbocycles. The van der Waals surface area contributed by atoms with Gasteiger partial charge in [0.1, 0.15) is 0 Å². The number of ether oxygens (including phenoxy) is 1. The molecule has 2 unspecified atom stereocenters. The molecule has 1 aliphatic carbocycles. The van der Waals surface area contributed by atoms with E-state index < -0.39 is 22.5 Å². The van der Waals surface area contributed by atoms with E-state index in [-0.39, 0.29) is 36.3 Å². The first-order valence-electron chi connectivity index (χ1n) is 10.8. The average molecular weight is 425 g/mol. The zero-order chi connectivity index (χ0) is 22.3. The van der Waals surface area contributed by atoms with E-state index in [9.17, 15) is 24.4 Å². The molecular weight excluding hydrogens is 391 g/mol. The number of nitrogens with zero attached hydrogens (tertiary/aromatic N) is 2. The first-order valence-corrected chi connectivity index (χ1v) is 10.8. The van der Waals surface area contributed by atoms with Gasteiger partial charge in [-0.3, -0.25) is 14.9 Å². The van der Waals surface area contributed by atoms with E-state index in [0.717, 1.165) is 25.0 Å². The number of carbonyl (C=O) groups is 1. The van der Waals surface area contributed by atoms with Crippen molar-refractivity contribution < 1.29 is 24.0 Å². The first-order chi connectivity index (χ1) is 14.3. The Kier molecular flexibility index (Phi) is 9.02. The Labute approximate surface area is 177 Å². The fourth-order valence-corrected chi connectivity index (χ4v) is 4.31. The van der Waals surface area contributed by atoms with Crippen LogP contribution in [0.2, 0.25) is 0 Å². The molecule has 0 bridgehead atoms. The van der Waals surface area contributed by atoms with Crippen LogP contribution in [0.25, 0.3) is 0 Å². The SMILES string of the molecule is CCCC(C1CCCC1)N(C)C(=O)CCCOc1cc([N+](=O)[O-])c(C(C)O)cc1F. The summed E-state index contributed by atoms with van der Waals surface area (Å²) in [6.45, 7) is 3.54. The molecule has 0 aromatic heterocycles. The number of halogens is 1. The van der Waals surface area contributed by atoms with Crippen molar-refractivity contribution in [3.63, 3.8) is 0 Å². The second kappa shape index (κ2) is 11.2. The van der Waals surface area contributed by atoms with E-state index >= 15 is 0 Å². The maximum absolute atomic E-state index is 14.2. The van der Waals surface area contributed by atoms with E-state index in [4.69, 9.17) is 4.74 Å². The Morgan fingerprint density at radius 3 is 2.63 bits per heavy atom. The number of amides is 1. The lowest BCUT2D eigenvalue weighted by atomic mass is 9.93. The van der Waals surface area contributed by atoms with Gasteiger partial charge in [0.2, 0.25) is 5.91 Å². The number of nitro groups is 1. The van der Waals surface area contributed by atoms with Crippen LogP contribution in [-0.2, 0) is 4.79 Å². The average Bonchev–Trinajstić information content (AvgIpc) is 3.23. The zero-order valence-corrected chi connectivity index (χ0v) is 18.1. The lowest BCUT2D eigenvalue weighted by molar-refractivity contribution is -0.386. The van der Waals surface area contributed by atoms with Crippen LogP contribution < -0.4 is 4.74 Å². The van der Waals surface area contributed by atoms with Crippen molar-refractivity contribution in [3.8, 4) is 5.75 Å². The molecule has 0 radical (unpaired) electrons. The van der Waals surface area contributed by atoms with Crippen molar-refractivity contribution >= 4 is 11.6 Å². The van der Waals surface area contributed by atoms with Crippen molar-refractivity contribution in [1.82, 2.24) is 4.90 Å². The van der Waals surface area contributed by atoms with Gasteiger partial charge in [0.05, 0.1) is 29.3 Å². The molecule has 2 atom stereocenters. The molecule has 7 nitrogen and oxygen atoms in total. The minimum Gasteiger partial charge on any atom is -0.490 e. The van der Waals surface area contributed by atoms with Gasteiger partial charge in [-0.05, 0) is 44.6 Å². The highest BCUT2D eigenvalue weighted by Crippen LogP contribution is 2.33. The third-order valence-electron chi connectivity index (χ3n) is 5.94. The van der Waals surface area contributed by atoms with Crippen LogP contribution >= 0.6 is 0 Å². The van der Waals surface area contributed by atoms with Crippen LogP contribution in [0.1, 0.15) is 76.9 Å². The summed E-state index contributed by atoms with van der Waals surface area (Å²) in [5, 5.41) is 20.8. The Morgan fingerprint density at radius 1 is 1.40 bits per heavy atom. The molecule has 0 aliphatic heterocycles. The molecule has 1 amide bonds. The molecule has 30 heavy (non-hydrogen) atoms. The highest BCUT2D eigenvalue weighted by Gasteiger charge is 2.29. The standard InChI is InChI=1S/C22H33FN2O5/c1-4-8-19(16-9-5-6-10-16)24(3)22(27)11-7-12-30-21-14-20(25(28)29)17(15(2)26)13-18(21)23/h13-16,19,26H,4-12H2,1-3H3. The number of aliphatic hydroxyl groups is 1. The zero-order valence-electron chi connectivity index (χ0n) is 18.1. The Bertz CT molecular complexity index is 734. The molecule has 8 heteroatoms. The summed E-state index contributed by atoms with van der Waals surface area (Å²) in [5.74, 6) is -0.414. The first kappa shape index (κ1) is 24.1. The third-order valence-corrected chi connectivity index (χ3v) is 5.94. The van der Waals surface area contributed by atoms with Gasteiger partial charge in [0.15, 0.2) is 11.6 Å². The fraction of sp³-hybridized carbons (Fsp3) is 0.682. The van der Waals surface area contributed by atoms with E-state index in [1.54, 1.807) is 0 Å². The van der Waals surface area contributed by atoms with Gasteiger partial charge in [0.25, 0.3) is 5.69 Å². The Morgan fingerprint density at radius 2 is 2.07 bits per heavy atom. The lowest BCUT2D eigenvalue weighted by Gasteiger charge is -2.33. The van der Waals surface area contributed by atoms with Gasteiger partial charge in [-0.2, -0.15) is 0 Å². The second-order valence-corrected chi connectivity index (χ2v) is 8.13. The summed E-state index contributed by atoms with van der Waals surface area (Å²) in [6, 6.07) is 2.18. The van der Waals surface area contributed by atoms with Crippen molar-refractivity contribution in [2.45, 2.75) is 77.4 Å². The van der Waals surface area contributed by atoms with Crippen molar-refractivity contribution in [1.29, 1.82) is 0 Å². The number of hydrogen-bond donors (Lipinski definition) is 1. The largest absolute Gasteiger partial charge is 0.490 e. The summed E-state index contributed by atoms with van der Waals surface area (Å²) in [7, 11) is 1.86. The molecule has 0 heterocycles. The fourth-order valence-electron chi connectivity index (χ4n) is 4.31. The Balaban J connectivity index is 1.91. The number of aliphatic hydroxyl groups excluding tert-OH is 1. The molecule has 1 fully saturated rings. The van der Waals surface area contributed by atoms with E-state index in [1.165, 1.54) is 32.6 Å². The van der Waals surface area contributed by atoms with Crippen LogP contribution in [0.4, 0.5) is 10.1 Å². The topological polar surface area (TPSA) is 92.9 Å². The lowest BCUT2D eigenvalue weighted by Crippen LogP contribution is -2.41. The summed E-state index contributed by atoms with van der Waals surface area (Å²) < 4.78 is 19.6. The maximum Gasteiger partial charge on any atom is 0.279 e. The van der Waals surface area contributed by atoms with Gasteiger partial charge in [-0.25, -0.2) is 4.39 Å². The smallest absolute Gasteiger partial charge is 0.279 e. The van der Waals surface area contributed by atoms with Crippen LogP contribution in [0.3, 0.4) is 0 Å². The van der Waals surface area contributed by atoms with Gasteiger partial charge < -0.3 is 14.7 Å². The molecule has 168 valence electrons. The number of benzene rings is 1. The molecular formula is C22H33FN2O5. The number of carbonyl (C=O) groups excluding carboxylic acids is 1. The molecule has 1 aromatic rings. The predicted octanol–water partition coefficient (Wildman–Crippen LogP) is 4.76. The summed E-state index contributed by atoms with van der Waals surface area (Å²) >= 11 is 0. The molecule has 1 aliphatic rings. The number of hydrogen-bond acceptors (Lipinski definition) is 5. The highest BCUT2D eigenvalue weighted by atomic mass is 19.1. The van der Waals surface area contributed by atoms with Crippen molar-refractivity contribution in [2.24, 2.45) is 5.92 Å². The molecule has 1 aromatic carbocycles. The van der Waals surface area contributed by atoms with Crippen LogP contribution in [0.15, 0.2) is 12.1 Å². The van der Waals surface area contributed by atoms with Crippen LogP contribution in [0.5, 0.6) is 5.75 Å². The van der Waals surface area contributed by atoms with Crippen LogP contribution in [0, 0.1) is 21.8 Å². The summed E-state index contributed by atoms with van der Waals surface area (Å²) in [5.41, 5.74) is -0.494. The van der Waals surface area contributed by atoms with Gasteiger partial charge >= 0.3 is 0 Å². The van der Waals surface area contributed by atoms with E-state index in [1.807, 2.05) is 11.9 Å². The minimum atomic E-state index is -1.17. The normalized spacial score (nSPS) is 16.3.